The van der Waals surface area contributed by atoms with E-state index in [9.17, 15) is 4.79 Å². The third kappa shape index (κ3) is 4.31. The average Bonchev–Trinajstić information content (AvgIpc) is 2.75. The van der Waals surface area contributed by atoms with Gasteiger partial charge in [-0.3, -0.25) is 4.79 Å². The van der Waals surface area contributed by atoms with Gasteiger partial charge in [0.05, 0.1) is 30.6 Å². The molecule has 0 atom stereocenters. The number of carbonyl (C=O) groups excluding carboxylic acids is 1. The fourth-order valence-electron chi connectivity index (χ4n) is 3.76. The molecule has 0 bridgehead atoms. The van der Waals surface area contributed by atoms with Gasteiger partial charge in [0, 0.05) is 10.6 Å². The molecular formula is C24H24ClN3O2. The SMILES string of the molecule is CCCc1nc2c(nc1NC(=O)Cc1ccc(Cl)cc1)CCc1cc(OC)ccc1-2. The lowest BCUT2D eigenvalue weighted by molar-refractivity contribution is -0.115. The second-order valence-corrected chi connectivity index (χ2v) is 7.88. The molecule has 0 radical (unpaired) electrons. The van der Waals surface area contributed by atoms with Crippen molar-refractivity contribution in [3.05, 3.63) is 70.0 Å². The molecule has 2 aromatic carbocycles. The lowest BCUT2D eigenvalue weighted by atomic mass is 9.91. The molecule has 0 fully saturated rings. The Morgan fingerprint density at radius 3 is 2.67 bits per heavy atom. The summed E-state index contributed by atoms with van der Waals surface area (Å²) in [7, 11) is 1.68. The summed E-state index contributed by atoms with van der Waals surface area (Å²) in [5.74, 6) is 1.32. The molecule has 154 valence electrons. The first kappa shape index (κ1) is 20.4. The Kier molecular flexibility index (Phi) is 6.00. The molecule has 30 heavy (non-hydrogen) atoms. The number of aryl methyl sites for hydroxylation is 3. The molecule has 1 heterocycles. The highest BCUT2D eigenvalue weighted by Crippen LogP contribution is 2.35. The number of ether oxygens (including phenoxy) is 1. The molecular weight excluding hydrogens is 398 g/mol. The van der Waals surface area contributed by atoms with Gasteiger partial charge in [0.2, 0.25) is 5.91 Å². The number of halogens is 1. The van der Waals surface area contributed by atoms with Crippen LogP contribution in [-0.2, 0) is 30.5 Å². The minimum Gasteiger partial charge on any atom is -0.497 e. The summed E-state index contributed by atoms with van der Waals surface area (Å²) >= 11 is 5.93. The van der Waals surface area contributed by atoms with Crippen LogP contribution in [0.4, 0.5) is 5.82 Å². The van der Waals surface area contributed by atoms with Crippen molar-refractivity contribution in [2.24, 2.45) is 0 Å². The van der Waals surface area contributed by atoms with E-state index in [0.717, 1.165) is 59.6 Å². The van der Waals surface area contributed by atoms with Gasteiger partial charge in [0.15, 0.2) is 5.82 Å². The predicted octanol–water partition coefficient (Wildman–Crippen LogP) is 5.04. The van der Waals surface area contributed by atoms with Gasteiger partial charge >= 0.3 is 0 Å². The second kappa shape index (κ2) is 8.84. The molecule has 0 spiro atoms. The minimum absolute atomic E-state index is 0.107. The highest BCUT2D eigenvalue weighted by Gasteiger charge is 2.22. The maximum Gasteiger partial charge on any atom is 0.229 e. The number of rotatable bonds is 6. The van der Waals surface area contributed by atoms with Gasteiger partial charge in [-0.25, -0.2) is 9.97 Å². The number of nitrogens with one attached hydrogen (secondary N) is 1. The number of amides is 1. The number of hydrogen-bond donors (Lipinski definition) is 1. The molecule has 0 aliphatic heterocycles. The van der Waals surface area contributed by atoms with E-state index in [2.05, 4.69) is 24.4 Å². The van der Waals surface area contributed by atoms with Crippen LogP contribution in [0.25, 0.3) is 11.3 Å². The maximum absolute atomic E-state index is 12.6. The molecule has 1 aliphatic rings. The largest absolute Gasteiger partial charge is 0.497 e. The van der Waals surface area contributed by atoms with Crippen LogP contribution in [0.1, 0.15) is 35.9 Å². The Morgan fingerprint density at radius 1 is 1.13 bits per heavy atom. The molecule has 4 rings (SSSR count). The van der Waals surface area contributed by atoms with Crippen LogP contribution in [0.5, 0.6) is 5.75 Å². The summed E-state index contributed by atoms with van der Waals surface area (Å²) in [6.45, 7) is 2.10. The van der Waals surface area contributed by atoms with Crippen LogP contribution < -0.4 is 10.1 Å². The van der Waals surface area contributed by atoms with E-state index >= 15 is 0 Å². The Balaban J connectivity index is 1.62. The summed E-state index contributed by atoms with van der Waals surface area (Å²) < 4.78 is 5.36. The number of benzene rings is 2. The fraction of sp³-hybridized carbons (Fsp3) is 0.292. The lowest BCUT2D eigenvalue weighted by Gasteiger charge is -2.21. The van der Waals surface area contributed by atoms with Gasteiger partial charge in [-0.15, -0.1) is 0 Å². The van der Waals surface area contributed by atoms with Crippen molar-refractivity contribution in [1.29, 1.82) is 0 Å². The number of fused-ring (bicyclic) bond motifs is 3. The zero-order valence-electron chi connectivity index (χ0n) is 17.2. The summed E-state index contributed by atoms with van der Waals surface area (Å²) in [6, 6.07) is 13.4. The summed E-state index contributed by atoms with van der Waals surface area (Å²) in [4.78, 5) is 22.4. The monoisotopic (exact) mass is 421 g/mol. The van der Waals surface area contributed by atoms with E-state index in [4.69, 9.17) is 26.3 Å². The number of carbonyl (C=O) groups is 1. The normalized spacial score (nSPS) is 12.1. The van der Waals surface area contributed by atoms with Crippen LogP contribution in [0.3, 0.4) is 0 Å². The number of nitrogens with zero attached hydrogens (tertiary/aromatic N) is 2. The van der Waals surface area contributed by atoms with E-state index in [1.54, 1.807) is 19.2 Å². The van der Waals surface area contributed by atoms with Crippen LogP contribution in [0, 0.1) is 0 Å². The third-order valence-electron chi connectivity index (χ3n) is 5.26. The van der Waals surface area contributed by atoms with Crippen molar-refractivity contribution in [2.45, 2.75) is 39.0 Å². The van der Waals surface area contributed by atoms with Gasteiger partial charge < -0.3 is 10.1 Å². The van der Waals surface area contributed by atoms with Gasteiger partial charge in [-0.05, 0) is 60.7 Å². The van der Waals surface area contributed by atoms with Crippen molar-refractivity contribution in [3.8, 4) is 17.0 Å². The molecule has 0 saturated carbocycles. The van der Waals surface area contributed by atoms with Crippen molar-refractivity contribution in [1.82, 2.24) is 9.97 Å². The quantitative estimate of drug-likeness (QED) is 0.605. The minimum atomic E-state index is -0.107. The second-order valence-electron chi connectivity index (χ2n) is 7.44. The van der Waals surface area contributed by atoms with Crippen LogP contribution in [-0.4, -0.2) is 23.0 Å². The molecule has 1 aromatic heterocycles. The molecule has 1 aliphatic carbocycles. The first-order chi connectivity index (χ1) is 14.6. The van der Waals surface area contributed by atoms with E-state index in [0.29, 0.717) is 10.8 Å². The Morgan fingerprint density at radius 2 is 1.93 bits per heavy atom. The van der Waals surface area contributed by atoms with Gasteiger partial charge in [0.25, 0.3) is 0 Å². The smallest absolute Gasteiger partial charge is 0.229 e. The molecule has 1 N–H and O–H groups in total. The van der Waals surface area contributed by atoms with Crippen molar-refractivity contribution >= 4 is 23.3 Å². The summed E-state index contributed by atoms with van der Waals surface area (Å²) in [5, 5.41) is 3.64. The Labute approximate surface area is 181 Å². The number of anilines is 1. The zero-order valence-corrected chi connectivity index (χ0v) is 17.9. The van der Waals surface area contributed by atoms with Crippen molar-refractivity contribution in [2.75, 3.05) is 12.4 Å². The number of methoxy groups -OCH3 is 1. The average molecular weight is 422 g/mol. The Bertz CT molecular complexity index is 1080. The maximum atomic E-state index is 12.6. The molecule has 1 amide bonds. The Hall–Kier alpha value is -2.92. The van der Waals surface area contributed by atoms with Crippen molar-refractivity contribution in [3.63, 3.8) is 0 Å². The van der Waals surface area contributed by atoms with E-state index < -0.39 is 0 Å². The third-order valence-corrected chi connectivity index (χ3v) is 5.51. The molecule has 6 heteroatoms. The standard InChI is InChI=1S/C24H24ClN3O2/c1-3-4-21-24(28-22(29)13-15-5-8-17(25)9-6-15)27-20-12-7-16-14-18(30-2)10-11-19(16)23(20)26-21/h5-6,8-11,14H,3-4,7,12-13H2,1-2H3,(H,27,28,29). The van der Waals surface area contributed by atoms with Crippen LogP contribution in [0.2, 0.25) is 5.02 Å². The highest BCUT2D eigenvalue weighted by molar-refractivity contribution is 6.30. The number of aromatic nitrogens is 2. The number of hydrogen-bond acceptors (Lipinski definition) is 4. The van der Waals surface area contributed by atoms with E-state index in [-0.39, 0.29) is 12.3 Å². The molecule has 0 saturated heterocycles. The first-order valence-corrected chi connectivity index (χ1v) is 10.6. The van der Waals surface area contributed by atoms with Crippen LogP contribution in [0.15, 0.2) is 42.5 Å². The van der Waals surface area contributed by atoms with Crippen LogP contribution >= 0.6 is 11.6 Å². The predicted molar refractivity (Wildman–Crippen MR) is 119 cm³/mol. The molecule has 5 nitrogen and oxygen atoms in total. The first-order valence-electron chi connectivity index (χ1n) is 10.2. The van der Waals surface area contributed by atoms with Gasteiger partial charge in [-0.2, -0.15) is 0 Å². The van der Waals surface area contributed by atoms with E-state index in [1.807, 2.05) is 18.2 Å². The zero-order chi connectivity index (χ0) is 21.1. The molecule has 3 aromatic rings. The highest BCUT2D eigenvalue weighted by atomic mass is 35.5. The van der Waals surface area contributed by atoms with Gasteiger partial charge in [-0.1, -0.05) is 37.1 Å². The fourth-order valence-corrected chi connectivity index (χ4v) is 3.88. The topological polar surface area (TPSA) is 64.1 Å². The summed E-state index contributed by atoms with van der Waals surface area (Å²) in [6.07, 6.45) is 3.60. The van der Waals surface area contributed by atoms with Gasteiger partial charge in [0.1, 0.15) is 5.75 Å². The summed E-state index contributed by atoms with van der Waals surface area (Å²) in [5.41, 5.74) is 5.89. The van der Waals surface area contributed by atoms with Crippen molar-refractivity contribution < 1.29 is 9.53 Å². The lowest BCUT2D eigenvalue weighted by Crippen LogP contribution is -2.19. The van der Waals surface area contributed by atoms with E-state index in [1.165, 1.54) is 5.56 Å². The molecule has 0 unspecified atom stereocenters.